The predicted octanol–water partition coefficient (Wildman–Crippen LogP) is 1.73. The molecule has 6 heteroatoms. The third-order valence-electron chi connectivity index (χ3n) is 2.76. The lowest BCUT2D eigenvalue weighted by Gasteiger charge is -2.20. The Morgan fingerprint density at radius 2 is 2.16 bits per heavy atom. The molecule has 0 atom stereocenters. The largest absolute Gasteiger partial charge is 0.409 e. The van der Waals surface area contributed by atoms with E-state index < -0.39 is 0 Å². The van der Waals surface area contributed by atoms with Gasteiger partial charge in [0.2, 0.25) is 0 Å². The van der Waals surface area contributed by atoms with Crippen LogP contribution in [0.4, 0.5) is 10.5 Å². The van der Waals surface area contributed by atoms with E-state index in [1.54, 1.807) is 31.3 Å². The number of carbonyl (C=O) groups excluding carboxylic acids is 1. The summed E-state index contributed by atoms with van der Waals surface area (Å²) in [6.07, 6.45) is 1.95. The van der Waals surface area contributed by atoms with Crippen LogP contribution in [-0.2, 0) is 0 Å². The zero-order valence-corrected chi connectivity index (χ0v) is 11.3. The minimum absolute atomic E-state index is 0.0243. The molecule has 2 amide bonds. The molecule has 0 aliphatic rings. The number of unbranched alkanes of at least 4 members (excludes halogenated alkanes) is 1. The second-order valence-electron chi connectivity index (χ2n) is 4.15. The molecule has 104 valence electrons. The van der Waals surface area contributed by atoms with Crippen molar-refractivity contribution in [3.63, 3.8) is 0 Å². The van der Waals surface area contributed by atoms with Crippen LogP contribution in [0.15, 0.2) is 29.4 Å². The van der Waals surface area contributed by atoms with Crippen molar-refractivity contribution in [2.75, 3.05) is 18.5 Å². The van der Waals surface area contributed by atoms with Crippen LogP contribution >= 0.6 is 0 Å². The van der Waals surface area contributed by atoms with Crippen LogP contribution in [0.2, 0.25) is 0 Å². The Labute approximate surface area is 112 Å². The molecule has 1 rings (SSSR count). The number of carbonyl (C=O) groups is 1. The van der Waals surface area contributed by atoms with E-state index in [0.29, 0.717) is 17.8 Å². The number of para-hydroxylation sites is 1. The molecule has 0 unspecified atom stereocenters. The summed E-state index contributed by atoms with van der Waals surface area (Å²) in [5, 5.41) is 14.5. The molecule has 0 fully saturated rings. The van der Waals surface area contributed by atoms with Gasteiger partial charge in [0.15, 0.2) is 5.84 Å². The van der Waals surface area contributed by atoms with Gasteiger partial charge in [0.25, 0.3) is 0 Å². The molecular formula is C13H20N4O2. The van der Waals surface area contributed by atoms with Crippen molar-refractivity contribution in [2.24, 2.45) is 10.9 Å². The smallest absolute Gasteiger partial charge is 0.321 e. The van der Waals surface area contributed by atoms with Gasteiger partial charge in [0.05, 0.1) is 5.69 Å². The van der Waals surface area contributed by atoms with Crippen molar-refractivity contribution in [1.29, 1.82) is 0 Å². The number of hydrogen-bond acceptors (Lipinski definition) is 3. The van der Waals surface area contributed by atoms with Gasteiger partial charge in [-0.2, -0.15) is 0 Å². The number of amides is 2. The molecule has 0 aromatic heterocycles. The predicted molar refractivity (Wildman–Crippen MR) is 75.7 cm³/mol. The van der Waals surface area contributed by atoms with Crippen molar-refractivity contribution in [2.45, 2.75) is 19.8 Å². The number of amidine groups is 1. The summed E-state index contributed by atoms with van der Waals surface area (Å²) < 4.78 is 0. The first-order valence-electron chi connectivity index (χ1n) is 6.20. The van der Waals surface area contributed by atoms with Crippen molar-refractivity contribution in [1.82, 2.24) is 5.32 Å². The molecule has 1 aromatic rings. The highest BCUT2D eigenvalue weighted by atomic mass is 16.4. The number of oxime groups is 1. The SMILES string of the molecule is CCCCNC(=O)N(C)c1ccccc1C(N)=NO. The molecule has 0 heterocycles. The molecule has 1 aromatic carbocycles. The van der Waals surface area contributed by atoms with Crippen molar-refractivity contribution < 1.29 is 10.0 Å². The fourth-order valence-electron chi connectivity index (χ4n) is 1.64. The van der Waals surface area contributed by atoms with E-state index in [1.165, 1.54) is 4.90 Å². The quantitative estimate of drug-likeness (QED) is 0.249. The molecule has 4 N–H and O–H groups in total. The number of nitrogens with one attached hydrogen (secondary N) is 1. The van der Waals surface area contributed by atoms with Crippen LogP contribution in [0.3, 0.4) is 0 Å². The highest BCUT2D eigenvalue weighted by Gasteiger charge is 2.15. The molecule has 19 heavy (non-hydrogen) atoms. The molecule has 0 aliphatic carbocycles. The number of nitrogens with zero attached hydrogens (tertiary/aromatic N) is 2. The average molecular weight is 264 g/mol. The van der Waals surface area contributed by atoms with Gasteiger partial charge >= 0.3 is 6.03 Å². The second kappa shape index (κ2) is 7.25. The third kappa shape index (κ3) is 3.87. The van der Waals surface area contributed by atoms with Gasteiger partial charge in [-0.1, -0.05) is 30.6 Å². The van der Waals surface area contributed by atoms with Gasteiger partial charge in [-0.3, -0.25) is 4.90 Å². The van der Waals surface area contributed by atoms with Crippen LogP contribution in [0, 0.1) is 0 Å². The summed E-state index contributed by atoms with van der Waals surface area (Å²) in [6.45, 7) is 2.69. The monoisotopic (exact) mass is 264 g/mol. The molecule has 0 aliphatic heterocycles. The second-order valence-corrected chi connectivity index (χ2v) is 4.15. The van der Waals surface area contributed by atoms with Gasteiger partial charge in [-0.05, 0) is 18.6 Å². The number of anilines is 1. The Morgan fingerprint density at radius 3 is 2.79 bits per heavy atom. The van der Waals surface area contributed by atoms with Crippen LogP contribution in [0.1, 0.15) is 25.3 Å². The van der Waals surface area contributed by atoms with Gasteiger partial charge in [0, 0.05) is 19.2 Å². The first-order chi connectivity index (χ1) is 9.11. The molecule has 0 spiro atoms. The van der Waals surface area contributed by atoms with Crippen LogP contribution in [0.25, 0.3) is 0 Å². The summed E-state index contributed by atoms with van der Waals surface area (Å²) >= 11 is 0. The minimum Gasteiger partial charge on any atom is -0.409 e. The fourth-order valence-corrected chi connectivity index (χ4v) is 1.64. The molecule has 0 radical (unpaired) electrons. The zero-order chi connectivity index (χ0) is 14.3. The van der Waals surface area contributed by atoms with E-state index >= 15 is 0 Å². The Bertz CT molecular complexity index is 460. The summed E-state index contributed by atoms with van der Waals surface area (Å²) in [5.74, 6) is -0.0243. The highest BCUT2D eigenvalue weighted by Crippen LogP contribution is 2.18. The molecule has 6 nitrogen and oxygen atoms in total. The van der Waals surface area contributed by atoms with Crippen molar-refractivity contribution in [3.05, 3.63) is 29.8 Å². The first-order valence-corrected chi connectivity index (χ1v) is 6.20. The van der Waals surface area contributed by atoms with Gasteiger partial charge < -0.3 is 16.3 Å². The topological polar surface area (TPSA) is 91.0 Å². The summed E-state index contributed by atoms with van der Waals surface area (Å²) in [7, 11) is 1.64. The average Bonchev–Trinajstić information content (AvgIpc) is 2.45. The Hall–Kier alpha value is -2.24. The Kier molecular flexibility index (Phi) is 5.66. The van der Waals surface area contributed by atoms with Gasteiger partial charge in [-0.25, -0.2) is 4.79 Å². The van der Waals surface area contributed by atoms with Crippen molar-refractivity contribution in [3.8, 4) is 0 Å². The van der Waals surface area contributed by atoms with Gasteiger partial charge in [-0.15, -0.1) is 0 Å². The lowest BCUT2D eigenvalue weighted by atomic mass is 10.1. The first kappa shape index (κ1) is 14.8. The third-order valence-corrected chi connectivity index (χ3v) is 2.76. The Morgan fingerprint density at radius 1 is 1.47 bits per heavy atom. The molecule has 0 saturated carbocycles. The van der Waals surface area contributed by atoms with E-state index in [-0.39, 0.29) is 11.9 Å². The maximum Gasteiger partial charge on any atom is 0.321 e. The van der Waals surface area contributed by atoms with Crippen LogP contribution in [0.5, 0.6) is 0 Å². The zero-order valence-electron chi connectivity index (χ0n) is 11.3. The van der Waals surface area contributed by atoms with Crippen molar-refractivity contribution >= 4 is 17.6 Å². The van der Waals surface area contributed by atoms with E-state index in [9.17, 15) is 4.79 Å². The lowest BCUT2D eigenvalue weighted by molar-refractivity contribution is 0.247. The lowest BCUT2D eigenvalue weighted by Crippen LogP contribution is -2.38. The van der Waals surface area contributed by atoms with E-state index in [2.05, 4.69) is 17.4 Å². The van der Waals surface area contributed by atoms with E-state index in [1.807, 2.05) is 0 Å². The molecular weight excluding hydrogens is 244 g/mol. The summed E-state index contributed by atoms with van der Waals surface area (Å²) in [6, 6.07) is 6.78. The number of urea groups is 1. The maximum atomic E-state index is 12.0. The molecule has 0 bridgehead atoms. The van der Waals surface area contributed by atoms with Crippen LogP contribution in [-0.4, -0.2) is 30.7 Å². The van der Waals surface area contributed by atoms with Crippen LogP contribution < -0.4 is 16.0 Å². The number of rotatable bonds is 5. The maximum absolute atomic E-state index is 12.0. The minimum atomic E-state index is -0.216. The summed E-state index contributed by atoms with van der Waals surface area (Å²) in [4.78, 5) is 13.4. The Balaban J connectivity index is 2.87. The number of nitrogens with two attached hydrogens (primary N) is 1. The normalized spacial score (nSPS) is 11.2. The molecule has 0 saturated heterocycles. The standard InChI is InChI=1S/C13H20N4O2/c1-3-4-9-15-13(18)17(2)11-8-6-5-7-10(11)12(14)16-19/h5-8,19H,3-4,9H2,1-2H3,(H2,14,16)(H,15,18). The fraction of sp³-hybridized carbons (Fsp3) is 0.385. The van der Waals surface area contributed by atoms with E-state index in [4.69, 9.17) is 10.9 Å². The number of benzene rings is 1. The van der Waals surface area contributed by atoms with Gasteiger partial charge in [0.1, 0.15) is 0 Å². The van der Waals surface area contributed by atoms with E-state index in [0.717, 1.165) is 12.8 Å². The highest BCUT2D eigenvalue weighted by molar-refractivity contribution is 6.05. The summed E-state index contributed by atoms with van der Waals surface area (Å²) in [5.41, 5.74) is 6.70. The number of hydrogen-bond donors (Lipinski definition) is 3.